The molecule has 2 aromatic carbocycles. The van der Waals surface area contributed by atoms with Gasteiger partial charge in [0.05, 0.1) is 10.9 Å². The van der Waals surface area contributed by atoms with Crippen LogP contribution in [0.3, 0.4) is 0 Å². The first-order valence-corrected chi connectivity index (χ1v) is 10.6. The van der Waals surface area contributed by atoms with Crippen molar-refractivity contribution in [2.45, 2.75) is 31.7 Å². The maximum Gasteiger partial charge on any atom is 0.573 e. The van der Waals surface area contributed by atoms with Crippen LogP contribution in [0.4, 0.5) is 13.2 Å². The molecule has 0 aliphatic heterocycles. The molecule has 168 valence electrons. The van der Waals surface area contributed by atoms with Crippen LogP contribution in [0, 0.1) is 0 Å². The summed E-state index contributed by atoms with van der Waals surface area (Å²) in [6, 6.07) is 16.0. The van der Waals surface area contributed by atoms with Crippen molar-refractivity contribution in [2.24, 2.45) is 0 Å². The molecule has 5 nitrogen and oxygen atoms in total. The molecule has 1 atom stereocenters. The standard InChI is InChI=1S/C23H20F3NO4S/c24-23(25,26)31-18-11-9-15(10-12-18)17-13-20(32-14-17)22(30)27-19(7-4-8-21(28)29)16-5-2-1-3-6-16/h1-3,5-6,9-14,19H,4,7-8H2,(H,27,30)(H,28,29)/t19-/m1/s1. The number of rotatable bonds is 9. The molecular weight excluding hydrogens is 443 g/mol. The maximum atomic E-state index is 12.8. The van der Waals surface area contributed by atoms with Crippen LogP contribution in [0.1, 0.15) is 40.5 Å². The van der Waals surface area contributed by atoms with Gasteiger partial charge in [-0.1, -0.05) is 42.5 Å². The lowest BCUT2D eigenvalue weighted by Crippen LogP contribution is -2.28. The number of amides is 1. The first-order chi connectivity index (χ1) is 15.2. The molecule has 2 N–H and O–H groups in total. The fourth-order valence-electron chi connectivity index (χ4n) is 3.15. The number of carboxylic acids is 1. The first-order valence-electron chi connectivity index (χ1n) is 9.73. The predicted molar refractivity (Wildman–Crippen MR) is 115 cm³/mol. The molecule has 0 saturated carbocycles. The van der Waals surface area contributed by atoms with Crippen molar-refractivity contribution >= 4 is 23.2 Å². The van der Waals surface area contributed by atoms with Gasteiger partial charge in [-0.3, -0.25) is 9.59 Å². The van der Waals surface area contributed by atoms with Crippen LogP contribution >= 0.6 is 11.3 Å². The fraction of sp³-hybridized carbons (Fsp3) is 0.217. The second-order valence-corrected chi connectivity index (χ2v) is 7.91. The molecule has 0 spiro atoms. The van der Waals surface area contributed by atoms with E-state index in [0.29, 0.717) is 28.8 Å². The Morgan fingerprint density at radius 3 is 2.34 bits per heavy atom. The number of ether oxygens (including phenoxy) is 1. The zero-order valence-corrected chi connectivity index (χ0v) is 17.6. The number of aliphatic carboxylic acids is 1. The van der Waals surface area contributed by atoms with Gasteiger partial charge < -0.3 is 15.2 Å². The summed E-state index contributed by atoms with van der Waals surface area (Å²) >= 11 is 1.22. The molecule has 0 aliphatic rings. The molecule has 0 bridgehead atoms. The highest BCUT2D eigenvalue weighted by molar-refractivity contribution is 7.12. The lowest BCUT2D eigenvalue weighted by atomic mass is 10.0. The smallest absolute Gasteiger partial charge is 0.481 e. The summed E-state index contributed by atoms with van der Waals surface area (Å²) in [5.74, 6) is -1.51. The third-order valence-electron chi connectivity index (χ3n) is 4.64. The second kappa shape index (κ2) is 10.3. The molecule has 3 rings (SSSR count). The molecular formula is C23H20F3NO4S. The molecule has 0 fully saturated rings. The van der Waals surface area contributed by atoms with Gasteiger partial charge in [0.15, 0.2) is 0 Å². The van der Waals surface area contributed by atoms with Crippen LogP contribution in [-0.2, 0) is 4.79 Å². The van der Waals surface area contributed by atoms with E-state index in [1.807, 2.05) is 30.3 Å². The second-order valence-electron chi connectivity index (χ2n) is 6.99. The van der Waals surface area contributed by atoms with Crippen molar-refractivity contribution in [2.75, 3.05) is 0 Å². The minimum absolute atomic E-state index is 0.0103. The molecule has 0 aliphatic carbocycles. The van der Waals surface area contributed by atoms with Gasteiger partial charge in [0.25, 0.3) is 5.91 Å². The lowest BCUT2D eigenvalue weighted by Gasteiger charge is -2.18. The van der Waals surface area contributed by atoms with Crippen molar-refractivity contribution in [1.82, 2.24) is 5.32 Å². The number of alkyl halides is 3. The third kappa shape index (κ3) is 6.84. The number of nitrogens with one attached hydrogen (secondary N) is 1. The van der Waals surface area contributed by atoms with Crippen molar-refractivity contribution in [1.29, 1.82) is 0 Å². The van der Waals surface area contributed by atoms with E-state index in [4.69, 9.17) is 5.11 Å². The van der Waals surface area contributed by atoms with E-state index in [1.165, 1.54) is 35.6 Å². The van der Waals surface area contributed by atoms with E-state index in [1.54, 1.807) is 11.4 Å². The normalized spacial score (nSPS) is 12.2. The van der Waals surface area contributed by atoms with Gasteiger partial charge in [0.2, 0.25) is 0 Å². The van der Waals surface area contributed by atoms with E-state index >= 15 is 0 Å². The Hall–Kier alpha value is -3.33. The number of benzene rings is 2. The number of hydrogen-bond donors (Lipinski definition) is 2. The van der Waals surface area contributed by atoms with E-state index in [-0.39, 0.29) is 24.1 Å². The van der Waals surface area contributed by atoms with E-state index in [9.17, 15) is 22.8 Å². The summed E-state index contributed by atoms with van der Waals surface area (Å²) < 4.78 is 40.8. The van der Waals surface area contributed by atoms with Gasteiger partial charge in [-0.25, -0.2) is 0 Å². The Morgan fingerprint density at radius 2 is 1.72 bits per heavy atom. The van der Waals surface area contributed by atoms with Gasteiger partial charge in [0, 0.05) is 6.42 Å². The van der Waals surface area contributed by atoms with Crippen molar-refractivity contribution in [3.05, 3.63) is 76.5 Å². The summed E-state index contributed by atoms with van der Waals surface area (Å²) in [6.07, 6.45) is -3.86. The number of carbonyl (C=O) groups excluding carboxylic acids is 1. The zero-order chi connectivity index (χ0) is 23.1. The number of thiophene rings is 1. The summed E-state index contributed by atoms with van der Waals surface area (Å²) in [5, 5.41) is 13.6. The number of hydrogen-bond acceptors (Lipinski definition) is 4. The molecule has 0 unspecified atom stereocenters. The molecule has 0 saturated heterocycles. The Kier molecular flexibility index (Phi) is 7.53. The molecule has 1 heterocycles. The summed E-state index contributed by atoms with van der Waals surface area (Å²) in [7, 11) is 0. The van der Waals surface area contributed by atoms with Crippen LogP contribution in [-0.4, -0.2) is 23.3 Å². The number of carboxylic acid groups (broad SMARTS) is 1. The van der Waals surface area contributed by atoms with Gasteiger partial charge >= 0.3 is 12.3 Å². The maximum absolute atomic E-state index is 12.8. The van der Waals surface area contributed by atoms with Crippen molar-refractivity contribution in [3.8, 4) is 16.9 Å². The zero-order valence-electron chi connectivity index (χ0n) is 16.8. The van der Waals surface area contributed by atoms with Gasteiger partial charge in [-0.05, 0) is 53.1 Å². The van der Waals surface area contributed by atoms with Crippen molar-refractivity contribution in [3.63, 3.8) is 0 Å². The molecule has 0 radical (unpaired) electrons. The highest BCUT2D eigenvalue weighted by Crippen LogP contribution is 2.30. The lowest BCUT2D eigenvalue weighted by molar-refractivity contribution is -0.274. The fourth-order valence-corrected chi connectivity index (χ4v) is 3.97. The van der Waals surface area contributed by atoms with Gasteiger partial charge in [-0.15, -0.1) is 24.5 Å². The Bertz CT molecular complexity index is 1050. The summed E-state index contributed by atoms with van der Waals surface area (Å²) in [5.41, 5.74) is 2.22. The number of carbonyl (C=O) groups is 2. The largest absolute Gasteiger partial charge is 0.573 e. The van der Waals surface area contributed by atoms with E-state index in [0.717, 1.165) is 5.56 Å². The van der Waals surface area contributed by atoms with Crippen molar-refractivity contribution < 1.29 is 32.6 Å². The average molecular weight is 463 g/mol. The molecule has 1 amide bonds. The van der Waals surface area contributed by atoms with Crippen LogP contribution < -0.4 is 10.1 Å². The minimum Gasteiger partial charge on any atom is -0.481 e. The Balaban J connectivity index is 1.69. The van der Waals surface area contributed by atoms with E-state index in [2.05, 4.69) is 10.1 Å². The monoisotopic (exact) mass is 463 g/mol. The third-order valence-corrected chi connectivity index (χ3v) is 5.56. The van der Waals surface area contributed by atoms with E-state index < -0.39 is 12.3 Å². The highest BCUT2D eigenvalue weighted by Gasteiger charge is 2.31. The Labute approximate surface area is 186 Å². The summed E-state index contributed by atoms with van der Waals surface area (Å²) in [6.45, 7) is 0. The summed E-state index contributed by atoms with van der Waals surface area (Å²) in [4.78, 5) is 24.1. The average Bonchev–Trinajstić information content (AvgIpc) is 3.23. The first kappa shape index (κ1) is 23.3. The van der Waals surface area contributed by atoms with Crippen LogP contribution in [0.2, 0.25) is 0 Å². The topological polar surface area (TPSA) is 75.6 Å². The highest BCUT2D eigenvalue weighted by atomic mass is 32.1. The van der Waals surface area contributed by atoms with Crippen LogP contribution in [0.25, 0.3) is 11.1 Å². The molecule has 1 aromatic heterocycles. The molecule has 3 aromatic rings. The SMILES string of the molecule is O=C(O)CCC[C@@H](NC(=O)c1cc(-c2ccc(OC(F)(F)F)cc2)cs1)c1ccccc1. The number of halogens is 3. The molecule has 9 heteroatoms. The van der Waals surface area contributed by atoms with Crippen LogP contribution in [0.15, 0.2) is 66.0 Å². The minimum atomic E-state index is -4.76. The van der Waals surface area contributed by atoms with Gasteiger partial charge in [0.1, 0.15) is 5.75 Å². The van der Waals surface area contributed by atoms with Crippen LogP contribution in [0.5, 0.6) is 5.75 Å². The molecule has 32 heavy (non-hydrogen) atoms. The quantitative estimate of drug-likeness (QED) is 0.406. The Morgan fingerprint density at radius 1 is 1.03 bits per heavy atom. The van der Waals surface area contributed by atoms with Gasteiger partial charge in [-0.2, -0.15) is 0 Å². The predicted octanol–water partition coefficient (Wildman–Crippen LogP) is 6.04.